The van der Waals surface area contributed by atoms with Crippen LogP contribution in [0.2, 0.25) is 0 Å². The maximum atomic E-state index is 12.5. The Morgan fingerprint density at radius 3 is 3.00 bits per heavy atom. The number of aromatic nitrogens is 4. The molecule has 1 aliphatic rings. The van der Waals surface area contributed by atoms with Gasteiger partial charge in [0, 0.05) is 57.7 Å². The fraction of sp³-hybridized carbons (Fsp3) is 0.556. The molecule has 8 nitrogen and oxygen atoms in total. The zero-order valence-corrected chi connectivity index (χ0v) is 15.4. The summed E-state index contributed by atoms with van der Waals surface area (Å²) in [5, 5.41) is 2.75. The van der Waals surface area contributed by atoms with Crippen molar-refractivity contribution in [2.75, 3.05) is 13.1 Å². The Bertz CT molecular complexity index is 765. The van der Waals surface area contributed by atoms with Crippen LogP contribution in [0.1, 0.15) is 49.9 Å². The number of hydrogen-bond acceptors (Lipinski definition) is 4. The maximum Gasteiger partial charge on any atom is 0.224 e. The van der Waals surface area contributed by atoms with Gasteiger partial charge in [0.1, 0.15) is 11.6 Å². The van der Waals surface area contributed by atoms with Crippen LogP contribution in [0.25, 0.3) is 0 Å². The van der Waals surface area contributed by atoms with Crippen LogP contribution in [0, 0.1) is 0 Å². The van der Waals surface area contributed by atoms with E-state index < -0.39 is 0 Å². The zero-order valence-electron chi connectivity index (χ0n) is 15.4. The van der Waals surface area contributed by atoms with Gasteiger partial charge in [0.25, 0.3) is 0 Å². The number of aromatic amines is 1. The molecule has 1 fully saturated rings. The second-order valence-corrected chi connectivity index (χ2v) is 6.67. The Morgan fingerprint density at radius 2 is 2.23 bits per heavy atom. The predicted octanol–water partition coefficient (Wildman–Crippen LogP) is 1.21. The topological polar surface area (TPSA) is 95.9 Å². The smallest absolute Gasteiger partial charge is 0.224 e. The van der Waals surface area contributed by atoms with E-state index in [1.54, 1.807) is 12.4 Å². The van der Waals surface area contributed by atoms with Gasteiger partial charge in [0.2, 0.25) is 11.8 Å². The third-order valence-corrected chi connectivity index (χ3v) is 4.79. The summed E-state index contributed by atoms with van der Waals surface area (Å²) in [5.74, 6) is 2.24. The number of H-pyrrole nitrogens is 1. The van der Waals surface area contributed by atoms with Gasteiger partial charge in [-0.3, -0.25) is 9.59 Å². The average Bonchev–Trinajstić information content (AvgIpc) is 3.37. The van der Waals surface area contributed by atoms with Crippen molar-refractivity contribution in [1.82, 2.24) is 29.7 Å². The molecule has 3 heterocycles. The van der Waals surface area contributed by atoms with Gasteiger partial charge in [-0.1, -0.05) is 6.92 Å². The first-order valence-electron chi connectivity index (χ1n) is 9.12. The van der Waals surface area contributed by atoms with Crippen molar-refractivity contribution in [2.24, 2.45) is 0 Å². The molecular formula is C18H26N6O2. The number of amides is 2. The van der Waals surface area contributed by atoms with E-state index in [9.17, 15) is 9.59 Å². The summed E-state index contributed by atoms with van der Waals surface area (Å²) >= 11 is 0. The quantitative estimate of drug-likeness (QED) is 0.778. The number of carbonyl (C=O) groups is 2. The van der Waals surface area contributed by atoms with Gasteiger partial charge in [0.15, 0.2) is 0 Å². The molecule has 8 heteroatoms. The van der Waals surface area contributed by atoms with Crippen LogP contribution in [0.3, 0.4) is 0 Å². The molecule has 0 unspecified atom stereocenters. The Hall–Kier alpha value is -2.64. The fourth-order valence-electron chi connectivity index (χ4n) is 3.34. The summed E-state index contributed by atoms with van der Waals surface area (Å²) in [7, 11) is 0. The number of carbonyl (C=O) groups excluding carboxylic acids is 2. The monoisotopic (exact) mass is 358 g/mol. The minimum atomic E-state index is -0.0667. The van der Waals surface area contributed by atoms with Crippen molar-refractivity contribution in [2.45, 2.75) is 52.1 Å². The SMILES string of the molecule is CCc1nccn1CCC(=O)N1CC[C@@H](c2ncc(CNC(C)=O)[nH]2)C1. The Morgan fingerprint density at radius 1 is 1.38 bits per heavy atom. The first-order valence-corrected chi connectivity index (χ1v) is 9.12. The molecular weight excluding hydrogens is 332 g/mol. The van der Waals surface area contributed by atoms with Crippen LogP contribution < -0.4 is 5.32 Å². The Balaban J connectivity index is 1.50. The summed E-state index contributed by atoms with van der Waals surface area (Å²) in [5.41, 5.74) is 0.882. The van der Waals surface area contributed by atoms with E-state index in [1.807, 2.05) is 15.7 Å². The molecule has 0 aliphatic carbocycles. The van der Waals surface area contributed by atoms with E-state index >= 15 is 0 Å². The maximum absolute atomic E-state index is 12.5. The van der Waals surface area contributed by atoms with Crippen LogP contribution in [0.4, 0.5) is 0 Å². The highest BCUT2D eigenvalue weighted by atomic mass is 16.2. The van der Waals surface area contributed by atoms with Crippen LogP contribution in [0.5, 0.6) is 0 Å². The van der Waals surface area contributed by atoms with E-state index in [0.717, 1.165) is 36.7 Å². The van der Waals surface area contributed by atoms with Gasteiger partial charge in [-0.15, -0.1) is 0 Å². The summed E-state index contributed by atoms with van der Waals surface area (Å²) in [6.45, 7) is 6.12. The minimum Gasteiger partial charge on any atom is -0.351 e. The van der Waals surface area contributed by atoms with Crippen LogP contribution in [0.15, 0.2) is 18.6 Å². The van der Waals surface area contributed by atoms with Gasteiger partial charge in [-0.05, 0) is 6.42 Å². The zero-order chi connectivity index (χ0) is 18.5. The summed E-state index contributed by atoms with van der Waals surface area (Å²) in [6.07, 6.45) is 7.72. The molecule has 1 atom stereocenters. The Kier molecular flexibility index (Phi) is 5.70. The molecule has 26 heavy (non-hydrogen) atoms. The molecule has 0 spiro atoms. The first-order chi connectivity index (χ1) is 12.6. The standard InChI is InChI=1S/C18H26N6O2/c1-3-16-19-6-9-23(16)8-5-17(26)24-7-4-14(12-24)18-21-11-15(22-18)10-20-13(2)25/h6,9,11,14H,3-5,7-8,10,12H2,1-2H3,(H,20,25)(H,21,22)/t14-/m1/s1. The highest BCUT2D eigenvalue weighted by Gasteiger charge is 2.28. The first kappa shape index (κ1) is 18.2. The number of rotatable bonds is 7. The van der Waals surface area contributed by atoms with Crippen LogP contribution >= 0.6 is 0 Å². The van der Waals surface area contributed by atoms with Crippen molar-refractivity contribution >= 4 is 11.8 Å². The molecule has 140 valence electrons. The molecule has 3 rings (SSSR count). The van der Waals surface area contributed by atoms with E-state index in [4.69, 9.17) is 0 Å². The molecule has 0 bridgehead atoms. The molecule has 2 aromatic rings. The van der Waals surface area contributed by atoms with Gasteiger partial charge in [-0.25, -0.2) is 9.97 Å². The lowest BCUT2D eigenvalue weighted by molar-refractivity contribution is -0.130. The number of imidazole rings is 2. The molecule has 0 saturated carbocycles. The molecule has 2 aromatic heterocycles. The second kappa shape index (κ2) is 8.16. The van der Waals surface area contributed by atoms with Gasteiger partial charge >= 0.3 is 0 Å². The molecule has 1 aliphatic heterocycles. The Labute approximate surface area is 153 Å². The number of likely N-dealkylation sites (tertiary alicyclic amines) is 1. The highest BCUT2D eigenvalue weighted by molar-refractivity contribution is 5.76. The summed E-state index contributed by atoms with van der Waals surface area (Å²) in [6, 6.07) is 0. The largest absolute Gasteiger partial charge is 0.351 e. The minimum absolute atomic E-state index is 0.0667. The molecule has 0 radical (unpaired) electrons. The van der Waals surface area contributed by atoms with Gasteiger partial charge in [-0.2, -0.15) is 0 Å². The normalized spacial score (nSPS) is 16.8. The third kappa shape index (κ3) is 4.30. The van der Waals surface area contributed by atoms with Gasteiger partial charge < -0.3 is 19.8 Å². The third-order valence-electron chi connectivity index (χ3n) is 4.79. The lowest BCUT2D eigenvalue weighted by Crippen LogP contribution is -2.29. The van der Waals surface area contributed by atoms with E-state index in [-0.39, 0.29) is 17.7 Å². The molecule has 2 N–H and O–H groups in total. The number of hydrogen-bond donors (Lipinski definition) is 2. The number of nitrogens with one attached hydrogen (secondary N) is 2. The molecule has 0 aromatic carbocycles. The number of nitrogens with zero attached hydrogens (tertiary/aromatic N) is 4. The van der Waals surface area contributed by atoms with E-state index in [2.05, 4.69) is 27.2 Å². The summed E-state index contributed by atoms with van der Waals surface area (Å²) in [4.78, 5) is 37.4. The number of aryl methyl sites for hydroxylation is 2. The van der Waals surface area contributed by atoms with Crippen LogP contribution in [-0.4, -0.2) is 49.3 Å². The highest BCUT2D eigenvalue weighted by Crippen LogP contribution is 2.25. The van der Waals surface area contributed by atoms with Crippen LogP contribution in [-0.2, 0) is 29.1 Å². The second-order valence-electron chi connectivity index (χ2n) is 6.67. The van der Waals surface area contributed by atoms with Gasteiger partial charge in [0.05, 0.1) is 18.4 Å². The summed E-state index contributed by atoms with van der Waals surface area (Å²) < 4.78 is 2.05. The molecule has 2 amide bonds. The lowest BCUT2D eigenvalue weighted by atomic mass is 10.1. The van der Waals surface area contributed by atoms with Crippen molar-refractivity contribution in [1.29, 1.82) is 0 Å². The molecule has 1 saturated heterocycles. The van der Waals surface area contributed by atoms with E-state index in [1.165, 1.54) is 6.92 Å². The van der Waals surface area contributed by atoms with Crippen molar-refractivity contribution in [3.8, 4) is 0 Å². The van der Waals surface area contributed by atoms with Crippen molar-refractivity contribution < 1.29 is 9.59 Å². The van der Waals surface area contributed by atoms with Crippen molar-refractivity contribution in [3.63, 3.8) is 0 Å². The average molecular weight is 358 g/mol. The fourth-order valence-corrected chi connectivity index (χ4v) is 3.34. The lowest BCUT2D eigenvalue weighted by Gasteiger charge is -2.16. The van der Waals surface area contributed by atoms with Crippen molar-refractivity contribution in [3.05, 3.63) is 35.9 Å². The van der Waals surface area contributed by atoms with E-state index in [0.29, 0.717) is 26.1 Å². The predicted molar refractivity (Wildman–Crippen MR) is 96.3 cm³/mol.